The number of carbonyl (C=O) groups is 1. The summed E-state index contributed by atoms with van der Waals surface area (Å²) in [5, 5.41) is 3.41. The number of amides is 1. The predicted octanol–water partition coefficient (Wildman–Crippen LogP) is 4.47. The number of hydrogen-bond acceptors (Lipinski definition) is 3. The molecule has 28 heavy (non-hydrogen) atoms. The van der Waals surface area contributed by atoms with E-state index in [4.69, 9.17) is 11.6 Å². The molecule has 1 saturated heterocycles. The maximum Gasteiger partial charge on any atom is 0.243 e. The second-order valence-corrected chi connectivity index (χ2v) is 9.58. The molecule has 1 aliphatic rings. The summed E-state index contributed by atoms with van der Waals surface area (Å²) in [5.41, 5.74) is 1.43. The number of sulfonamides is 1. The predicted molar refractivity (Wildman–Crippen MR) is 112 cm³/mol. The Morgan fingerprint density at radius 1 is 1.21 bits per heavy atom. The van der Waals surface area contributed by atoms with E-state index in [1.54, 1.807) is 40.7 Å². The van der Waals surface area contributed by atoms with E-state index in [0.717, 1.165) is 18.4 Å². The van der Waals surface area contributed by atoms with Gasteiger partial charge in [0.05, 0.1) is 4.90 Å². The van der Waals surface area contributed by atoms with E-state index in [9.17, 15) is 13.2 Å². The van der Waals surface area contributed by atoms with Crippen molar-refractivity contribution < 1.29 is 13.2 Å². The van der Waals surface area contributed by atoms with Gasteiger partial charge in [0.2, 0.25) is 15.9 Å². The Labute approximate surface area is 171 Å². The number of nitrogens with zero attached hydrogens (tertiary/aromatic N) is 1. The van der Waals surface area contributed by atoms with E-state index in [-0.39, 0.29) is 11.8 Å². The zero-order chi connectivity index (χ0) is 20.1. The summed E-state index contributed by atoms with van der Waals surface area (Å²) in [7, 11) is -3.50. The minimum atomic E-state index is -3.50. The fraction of sp³-hybridized carbons (Fsp3) is 0.381. The SMILES string of the molecule is Cc1ccccc1S(=O)(=O)N1CCCC(CCC(=O)Nc2cccc(Cl)c2)C1. The molecule has 1 N–H and O–H groups in total. The molecular formula is C21H25ClN2O3S. The van der Waals surface area contributed by atoms with Gasteiger partial charge in [-0.15, -0.1) is 0 Å². The molecule has 0 saturated carbocycles. The molecule has 2 aromatic carbocycles. The van der Waals surface area contributed by atoms with Crippen molar-refractivity contribution in [3.63, 3.8) is 0 Å². The molecule has 5 nitrogen and oxygen atoms in total. The van der Waals surface area contributed by atoms with Gasteiger partial charge in [0, 0.05) is 30.2 Å². The summed E-state index contributed by atoms with van der Waals surface area (Å²) in [6.45, 7) is 2.80. The van der Waals surface area contributed by atoms with Crippen LogP contribution in [0.4, 0.5) is 5.69 Å². The van der Waals surface area contributed by atoms with Crippen LogP contribution in [0.3, 0.4) is 0 Å². The Morgan fingerprint density at radius 3 is 2.75 bits per heavy atom. The molecule has 0 aliphatic carbocycles. The van der Waals surface area contributed by atoms with Gasteiger partial charge in [-0.1, -0.05) is 35.9 Å². The topological polar surface area (TPSA) is 66.5 Å². The summed E-state index contributed by atoms with van der Waals surface area (Å²) in [5.74, 6) is 0.0961. The second kappa shape index (κ2) is 9.07. The van der Waals surface area contributed by atoms with Crippen LogP contribution in [0, 0.1) is 12.8 Å². The summed E-state index contributed by atoms with van der Waals surface area (Å²) in [4.78, 5) is 12.6. The smallest absolute Gasteiger partial charge is 0.243 e. The number of halogens is 1. The van der Waals surface area contributed by atoms with Crippen LogP contribution in [0.2, 0.25) is 5.02 Å². The number of nitrogens with one attached hydrogen (secondary N) is 1. The highest BCUT2D eigenvalue weighted by Gasteiger charge is 2.31. The van der Waals surface area contributed by atoms with Crippen LogP contribution in [-0.2, 0) is 14.8 Å². The molecule has 0 aromatic heterocycles. The molecule has 1 atom stereocenters. The third-order valence-electron chi connectivity index (χ3n) is 5.08. The Balaban J connectivity index is 1.58. The minimum absolute atomic E-state index is 0.0823. The van der Waals surface area contributed by atoms with Crippen LogP contribution >= 0.6 is 11.6 Å². The zero-order valence-electron chi connectivity index (χ0n) is 15.9. The van der Waals surface area contributed by atoms with E-state index in [1.165, 1.54) is 0 Å². The van der Waals surface area contributed by atoms with Crippen molar-refractivity contribution in [1.82, 2.24) is 4.31 Å². The Hall–Kier alpha value is -1.89. The maximum absolute atomic E-state index is 13.0. The molecule has 0 bridgehead atoms. The van der Waals surface area contributed by atoms with Crippen LogP contribution in [0.15, 0.2) is 53.4 Å². The van der Waals surface area contributed by atoms with E-state index >= 15 is 0 Å². The summed E-state index contributed by atoms with van der Waals surface area (Å²) >= 11 is 5.93. The van der Waals surface area contributed by atoms with Crippen molar-refractivity contribution in [3.8, 4) is 0 Å². The van der Waals surface area contributed by atoms with Crippen LogP contribution in [-0.4, -0.2) is 31.7 Å². The molecule has 1 heterocycles. The van der Waals surface area contributed by atoms with E-state index < -0.39 is 10.0 Å². The molecule has 1 unspecified atom stereocenters. The van der Waals surface area contributed by atoms with Gasteiger partial charge in [-0.05, 0) is 61.9 Å². The van der Waals surface area contributed by atoms with Gasteiger partial charge in [-0.2, -0.15) is 4.31 Å². The molecule has 0 radical (unpaired) electrons. The van der Waals surface area contributed by atoms with Gasteiger partial charge >= 0.3 is 0 Å². The summed E-state index contributed by atoms with van der Waals surface area (Å²) < 4.78 is 27.6. The van der Waals surface area contributed by atoms with E-state index in [0.29, 0.717) is 41.5 Å². The quantitative estimate of drug-likeness (QED) is 0.749. The minimum Gasteiger partial charge on any atom is -0.326 e. The third-order valence-corrected chi connectivity index (χ3v) is 7.34. The van der Waals surface area contributed by atoms with Crippen LogP contribution < -0.4 is 5.32 Å². The average molecular weight is 421 g/mol. The highest BCUT2D eigenvalue weighted by molar-refractivity contribution is 7.89. The molecule has 1 amide bonds. The first-order valence-electron chi connectivity index (χ1n) is 9.47. The molecule has 7 heteroatoms. The highest BCUT2D eigenvalue weighted by atomic mass is 35.5. The van der Waals surface area contributed by atoms with Gasteiger partial charge in [-0.3, -0.25) is 4.79 Å². The molecule has 3 rings (SSSR count). The Bertz CT molecular complexity index is 946. The number of anilines is 1. The van der Waals surface area contributed by atoms with Gasteiger partial charge in [-0.25, -0.2) is 8.42 Å². The third kappa shape index (κ3) is 5.13. The van der Waals surface area contributed by atoms with Crippen LogP contribution in [0.1, 0.15) is 31.2 Å². The molecule has 0 spiro atoms. The molecular weight excluding hydrogens is 396 g/mol. The average Bonchev–Trinajstić information content (AvgIpc) is 2.67. The number of hydrogen-bond donors (Lipinski definition) is 1. The second-order valence-electron chi connectivity index (χ2n) is 7.23. The fourth-order valence-corrected chi connectivity index (χ4v) is 5.56. The lowest BCUT2D eigenvalue weighted by atomic mass is 9.94. The lowest BCUT2D eigenvalue weighted by molar-refractivity contribution is -0.116. The van der Waals surface area contributed by atoms with Crippen LogP contribution in [0.25, 0.3) is 0 Å². The highest BCUT2D eigenvalue weighted by Crippen LogP contribution is 2.27. The van der Waals surface area contributed by atoms with Gasteiger partial charge < -0.3 is 5.32 Å². The molecule has 150 valence electrons. The first kappa shape index (κ1) is 20.8. The lowest BCUT2D eigenvalue weighted by Crippen LogP contribution is -2.40. The van der Waals surface area contributed by atoms with Crippen molar-refractivity contribution in [2.45, 2.75) is 37.5 Å². The number of carbonyl (C=O) groups excluding carboxylic acids is 1. The van der Waals surface area contributed by atoms with Crippen molar-refractivity contribution in [3.05, 3.63) is 59.1 Å². The largest absolute Gasteiger partial charge is 0.326 e. The van der Waals surface area contributed by atoms with Crippen molar-refractivity contribution in [2.75, 3.05) is 18.4 Å². The molecule has 1 fully saturated rings. The molecule has 1 aliphatic heterocycles. The summed E-state index contributed by atoms with van der Waals surface area (Å²) in [6.07, 6.45) is 2.76. The van der Waals surface area contributed by atoms with E-state index in [2.05, 4.69) is 5.32 Å². The first-order chi connectivity index (χ1) is 13.4. The van der Waals surface area contributed by atoms with E-state index in [1.807, 2.05) is 19.1 Å². The lowest BCUT2D eigenvalue weighted by Gasteiger charge is -2.32. The zero-order valence-corrected chi connectivity index (χ0v) is 17.5. The Morgan fingerprint density at radius 2 is 2.00 bits per heavy atom. The monoisotopic (exact) mass is 420 g/mol. The van der Waals surface area contributed by atoms with Crippen molar-refractivity contribution >= 4 is 33.2 Å². The number of rotatable bonds is 6. The standard InChI is InChI=1S/C21H25ClN2O3S/c1-16-6-2-3-10-20(16)28(26,27)24-13-5-7-17(15-24)11-12-21(25)23-19-9-4-8-18(22)14-19/h2-4,6,8-10,14,17H,5,7,11-13,15H2,1H3,(H,23,25). The molecule has 2 aromatic rings. The Kier molecular flexibility index (Phi) is 6.75. The number of piperidine rings is 1. The van der Waals surface area contributed by atoms with Gasteiger partial charge in [0.15, 0.2) is 0 Å². The van der Waals surface area contributed by atoms with Crippen molar-refractivity contribution in [2.24, 2.45) is 5.92 Å². The maximum atomic E-state index is 13.0. The summed E-state index contributed by atoms with van der Waals surface area (Å²) in [6, 6.07) is 14.1. The van der Waals surface area contributed by atoms with Crippen molar-refractivity contribution in [1.29, 1.82) is 0 Å². The van der Waals surface area contributed by atoms with Gasteiger partial charge in [0.25, 0.3) is 0 Å². The normalized spacial score (nSPS) is 18.0. The number of benzene rings is 2. The van der Waals surface area contributed by atoms with Gasteiger partial charge in [0.1, 0.15) is 0 Å². The number of aryl methyl sites for hydroxylation is 1. The fourth-order valence-electron chi connectivity index (χ4n) is 3.59. The first-order valence-corrected chi connectivity index (χ1v) is 11.3. The van der Waals surface area contributed by atoms with Crippen LogP contribution in [0.5, 0.6) is 0 Å².